The summed E-state index contributed by atoms with van der Waals surface area (Å²) in [4.78, 5) is 19.2. The number of amides is 1. The Balaban J connectivity index is 1.34. The minimum absolute atomic E-state index is 0.0422. The van der Waals surface area contributed by atoms with Gasteiger partial charge in [0.25, 0.3) is 0 Å². The second-order valence-corrected chi connectivity index (χ2v) is 10.6. The molecule has 1 amide bonds. The molecule has 0 atom stereocenters. The van der Waals surface area contributed by atoms with Crippen molar-refractivity contribution in [3.63, 3.8) is 0 Å². The van der Waals surface area contributed by atoms with Crippen LogP contribution in [0, 0.1) is 17.8 Å². The fraction of sp³-hybridized carbons (Fsp3) is 0.600. The Morgan fingerprint density at radius 3 is 2.30 bits per heavy atom. The first-order chi connectivity index (χ1) is 14.6. The van der Waals surface area contributed by atoms with E-state index in [1.165, 1.54) is 44.1 Å². The molecule has 0 unspecified atom stereocenters. The lowest BCUT2D eigenvalue weighted by Crippen LogP contribution is -2.50. The minimum atomic E-state index is 0.0422. The maximum atomic E-state index is 12.7. The molecule has 0 spiro atoms. The molecule has 30 heavy (non-hydrogen) atoms. The smallest absolute Gasteiger partial charge is 0.230 e. The van der Waals surface area contributed by atoms with E-state index in [0.29, 0.717) is 6.42 Å². The lowest BCUT2D eigenvalue weighted by molar-refractivity contribution is -0.115. The van der Waals surface area contributed by atoms with E-state index < -0.39 is 0 Å². The molecule has 5 heteroatoms. The van der Waals surface area contributed by atoms with Crippen LogP contribution in [0.5, 0.6) is 0 Å². The van der Waals surface area contributed by atoms with Gasteiger partial charge in [-0.3, -0.25) is 9.79 Å². The van der Waals surface area contributed by atoms with Crippen molar-refractivity contribution in [3.8, 4) is 0 Å². The number of carbonyl (C=O) groups excluding carboxylic acids is 1. The fourth-order valence-corrected chi connectivity index (χ4v) is 7.60. The molecule has 6 rings (SSSR count). The number of rotatable bonds is 6. The SMILES string of the molecule is CCc1ccc(NC(=O)Cc2csc(=NC34CC5CC(CC(C5)C3)C4)n2CC)cc1. The number of benzene rings is 1. The highest BCUT2D eigenvalue weighted by Gasteiger charge is 2.51. The molecule has 160 valence electrons. The van der Waals surface area contributed by atoms with E-state index in [1.54, 1.807) is 11.3 Å². The summed E-state index contributed by atoms with van der Waals surface area (Å²) in [6.45, 7) is 5.17. The minimum Gasteiger partial charge on any atom is -0.326 e. The number of aryl methyl sites for hydroxylation is 1. The van der Waals surface area contributed by atoms with E-state index in [-0.39, 0.29) is 11.4 Å². The van der Waals surface area contributed by atoms with Crippen LogP contribution in [0.15, 0.2) is 34.6 Å². The number of hydrogen-bond acceptors (Lipinski definition) is 3. The monoisotopic (exact) mass is 423 g/mol. The molecule has 1 N–H and O–H groups in total. The van der Waals surface area contributed by atoms with E-state index in [4.69, 9.17) is 4.99 Å². The second-order valence-electron chi connectivity index (χ2n) is 9.78. The summed E-state index contributed by atoms with van der Waals surface area (Å²) < 4.78 is 2.27. The van der Waals surface area contributed by atoms with Crippen molar-refractivity contribution in [2.45, 2.75) is 77.3 Å². The molecule has 0 radical (unpaired) electrons. The summed E-state index contributed by atoms with van der Waals surface area (Å²) in [6.07, 6.45) is 9.58. The average Bonchev–Trinajstić information content (AvgIpc) is 3.07. The average molecular weight is 424 g/mol. The van der Waals surface area contributed by atoms with Gasteiger partial charge in [-0.1, -0.05) is 19.1 Å². The molecule has 4 nitrogen and oxygen atoms in total. The predicted octanol–water partition coefficient (Wildman–Crippen LogP) is 5.18. The van der Waals surface area contributed by atoms with Crippen molar-refractivity contribution < 1.29 is 4.79 Å². The molecule has 0 aliphatic heterocycles. The van der Waals surface area contributed by atoms with Crippen molar-refractivity contribution in [1.29, 1.82) is 0 Å². The Labute approximate surface area is 183 Å². The van der Waals surface area contributed by atoms with Gasteiger partial charge in [0, 0.05) is 23.3 Å². The first-order valence-electron chi connectivity index (χ1n) is 11.7. The summed E-state index contributed by atoms with van der Waals surface area (Å²) in [5.41, 5.74) is 3.41. The quantitative estimate of drug-likeness (QED) is 0.683. The lowest BCUT2D eigenvalue weighted by Gasteiger charge is -2.54. The molecule has 4 aliphatic carbocycles. The molecule has 4 bridgehead atoms. The van der Waals surface area contributed by atoms with Gasteiger partial charge < -0.3 is 9.88 Å². The molecule has 1 aromatic heterocycles. The van der Waals surface area contributed by atoms with Gasteiger partial charge in [-0.05, 0) is 87.3 Å². The zero-order chi connectivity index (χ0) is 20.7. The Morgan fingerprint density at radius 1 is 1.10 bits per heavy atom. The van der Waals surface area contributed by atoms with Crippen LogP contribution in [-0.4, -0.2) is 16.0 Å². The van der Waals surface area contributed by atoms with Crippen molar-refractivity contribution in [2.24, 2.45) is 22.7 Å². The molecule has 4 aliphatic rings. The number of carbonyl (C=O) groups is 1. The van der Waals surface area contributed by atoms with Gasteiger partial charge in [0.1, 0.15) is 0 Å². The first-order valence-corrected chi connectivity index (χ1v) is 12.6. The zero-order valence-corrected chi connectivity index (χ0v) is 19.0. The van der Waals surface area contributed by atoms with Crippen molar-refractivity contribution in [3.05, 3.63) is 45.7 Å². The molecule has 4 saturated carbocycles. The van der Waals surface area contributed by atoms with Crippen LogP contribution >= 0.6 is 11.3 Å². The Kier molecular flexibility index (Phi) is 5.34. The molecular formula is C25H33N3OS. The van der Waals surface area contributed by atoms with E-state index in [2.05, 4.69) is 41.2 Å². The topological polar surface area (TPSA) is 46.4 Å². The highest BCUT2D eigenvalue weighted by Crippen LogP contribution is 2.57. The van der Waals surface area contributed by atoms with Crippen LogP contribution in [0.2, 0.25) is 0 Å². The third-order valence-electron chi connectivity index (χ3n) is 7.52. The summed E-state index contributed by atoms with van der Waals surface area (Å²) in [6, 6.07) is 8.14. The van der Waals surface area contributed by atoms with Crippen LogP contribution in [0.3, 0.4) is 0 Å². The molecule has 1 aromatic carbocycles. The van der Waals surface area contributed by atoms with E-state index >= 15 is 0 Å². The molecule has 0 saturated heterocycles. The molecule has 1 heterocycles. The summed E-state index contributed by atoms with van der Waals surface area (Å²) in [5.74, 6) is 2.75. The molecule has 2 aromatic rings. The van der Waals surface area contributed by atoms with Gasteiger partial charge in [-0.15, -0.1) is 11.3 Å². The van der Waals surface area contributed by atoms with Crippen LogP contribution < -0.4 is 10.1 Å². The highest BCUT2D eigenvalue weighted by molar-refractivity contribution is 7.07. The maximum Gasteiger partial charge on any atom is 0.230 e. The number of hydrogen-bond donors (Lipinski definition) is 1. The van der Waals surface area contributed by atoms with Crippen LogP contribution in [-0.2, 0) is 24.2 Å². The summed E-state index contributed by atoms with van der Waals surface area (Å²) in [7, 11) is 0. The van der Waals surface area contributed by atoms with Crippen LogP contribution in [0.4, 0.5) is 5.69 Å². The van der Waals surface area contributed by atoms with E-state index in [9.17, 15) is 4.79 Å². The number of nitrogens with one attached hydrogen (secondary N) is 1. The second kappa shape index (κ2) is 7.99. The van der Waals surface area contributed by atoms with Gasteiger partial charge in [0.15, 0.2) is 4.80 Å². The van der Waals surface area contributed by atoms with Gasteiger partial charge in [-0.2, -0.15) is 0 Å². The third-order valence-corrected chi connectivity index (χ3v) is 8.43. The summed E-state index contributed by atoms with van der Waals surface area (Å²) in [5, 5.41) is 5.19. The van der Waals surface area contributed by atoms with Gasteiger partial charge in [0.2, 0.25) is 5.91 Å². The van der Waals surface area contributed by atoms with Crippen LogP contribution in [0.1, 0.15) is 63.6 Å². The largest absolute Gasteiger partial charge is 0.326 e. The van der Waals surface area contributed by atoms with Crippen LogP contribution in [0.25, 0.3) is 0 Å². The molecule has 4 fully saturated rings. The van der Waals surface area contributed by atoms with Gasteiger partial charge in [-0.25, -0.2) is 0 Å². The van der Waals surface area contributed by atoms with Gasteiger partial charge in [0.05, 0.1) is 12.0 Å². The van der Waals surface area contributed by atoms with E-state index in [0.717, 1.165) is 46.9 Å². The van der Waals surface area contributed by atoms with Crippen molar-refractivity contribution in [1.82, 2.24) is 4.57 Å². The Morgan fingerprint density at radius 2 is 1.73 bits per heavy atom. The fourth-order valence-electron chi connectivity index (χ4n) is 6.53. The Hall–Kier alpha value is -1.88. The summed E-state index contributed by atoms with van der Waals surface area (Å²) >= 11 is 1.72. The first kappa shape index (κ1) is 20.0. The zero-order valence-electron chi connectivity index (χ0n) is 18.2. The Bertz CT molecular complexity index is 949. The van der Waals surface area contributed by atoms with Gasteiger partial charge >= 0.3 is 0 Å². The number of thiazole rings is 1. The standard InChI is InChI=1S/C25H33N3OS/c1-3-17-5-7-21(8-6-17)26-23(29)12-22-16-30-24(28(22)4-2)27-25-13-18-9-19(14-25)11-20(10-18)15-25/h5-8,16,18-20H,3-4,9-15H2,1-2H3,(H,26,29). The number of nitrogens with zero attached hydrogens (tertiary/aromatic N) is 2. The lowest BCUT2D eigenvalue weighted by atomic mass is 9.53. The van der Waals surface area contributed by atoms with E-state index in [1.807, 2.05) is 12.1 Å². The maximum absolute atomic E-state index is 12.7. The van der Waals surface area contributed by atoms with Crippen molar-refractivity contribution in [2.75, 3.05) is 5.32 Å². The van der Waals surface area contributed by atoms with Crippen molar-refractivity contribution >= 4 is 22.9 Å². The number of aromatic nitrogens is 1. The highest BCUT2D eigenvalue weighted by atomic mass is 32.1. The third kappa shape index (κ3) is 3.89. The normalized spacial score (nSPS) is 30.1. The molecular weight excluding hydrogens is 390 g/mol. The predicted molar refractivity (Wildman–Crippen MR) is 123 cm³/mol. The number of anilines is 1.